The molecule has 0 atom stereocenters. The summed E-state index contributed by atoms with van der Waals surface area (Å²) < 4.78 is 1.12. The second-order valence-corrected chi connectivity index (χ2v) is 4.55. The molecule has 0 aliphatic heterocycles. The predicted octanol–water partition coefficient (Wildman–Crippen LogP) is 2.99. The lowest BCUT2D eigenvalue weighted by Gasteiger charge is -1.85. The van der Waals surface area contributed by atoms with Gasteiger partial charge in [0, 0.05) is 11.1 Å². The number of thiazole rings is 1. The molecule has 0 aromatic carbocycles. The van der Waals surface area contributed by atoms with E-state index in [0.717, 1.165) is 15.0 Å². The summed E-state index contributed by atoms with van der Waals surface area (Å²) in [7, 11) is 0. The Kier molecular flexibility index (Phi) is 3.52. The van der Waals surface area contributed by atoms with Crippen LogP contribution >= 0.6 is 34.7 Å². The second kappa shape index (κ2) is 4.21. The van der Waals surface area contributed by atoms with Gasteiger partial charge in [-0.05, 0) is 5.75 Å². The fraction of sp³-hybridized carbons (Fsp3) is 0.500. The van der Waals surface area contributed by atoms with Gasteiger partial charge in [0.05, 0.1) is 5.88 Å². The molecule has 1 nitrogen and oxygen atoms in total. The van der Waals surface area contributed by atoms with Gasteiger partial charge in [-0.3, -0.25) is 0 Å². The van der Waals surface area contributed by atoms with E-state index in [2.05, 4.69) is 11.9 Å². The van der Waals surface area contributed by atoms with E-state index in [1.54, 1.807) is 23.1 Å². The fourth-order valence-corrected chi connectivity index (χ4v) is 2.55. The quantitative estimate of drug-likeness (QED) is 0.541. The number of nitrogens with zero attached hydrogens (tertiary/aromatic N) is 1. The van der Waals surface area contributed by atoms with E-state index in [1.807, 2.05) is 6.20 Å². The summed E-state index contributed by atoms with van der Waals surface area (Å²) in [6, 6.07) is 0. The largest absolute Gasteiger partial charge is 0.238 e. The smallest absolute Gasteiger partial charge is 0.150 e. The minimum atomic E-state index is 0.585. The first-order chi connectivity index (χ1) is 4.86. The van der Waals surface area contributed by atoms with E-state index >= 15 is 0 Å². The van der Waals surface area contributed by atoms with E-state index < -0.39 is 0 Å². The Balaban J connectivity index is 2.59. The number of aromatic nitrogens is 1. The highest BCUT2D eigenvalue weighted by molar-refractivity contribution is 8.01. The Hall–Kier alpha value is 0.270. The Bertz CT molecular complexity index is 199. The monoisotopic (exact) mass is 193 g/mol. The van der Waals surface area contributed by atoms with Gasteiger partial charge in [0.2, 0.25) is 0 Å². The van der Waals surface area contributed by atoms with E-state index in [-0.39, 0.29) is 0 Å². The zero-order valence-electron chi connectivity index (χ0n) is 5.63. The molecule has 0 unspecified atom stereocenters. The minimum Gasteiger partial charge on any atom is -0.238 e. The van der Waals surface area contributed by atoms with Crippen molar-refractivity contribution in [3.05, 3.63) is 11.1 Å². The lowest BCUT2D eigenvalue weighted by molar-refractivity contribution is 1.23. The maximum atomic E-state index is 5.60. The lowest BCUT2D eigenvalue weighted by atomic mass is 10.6. The number of thioether (sulfide) groups is 1. The molecular weight excluding hydrogens is 186 g/mol. The molecule has 0 spiro atoms. The highest BCUT2D eigenvalue weighted by atomic mass is 35.5. The first kappa shape index (κ1) is 8.37. The zero-order chi connectivity index (χ0) is 7.40. The van der Waals surface area contributed by atoms with Crippen LogP contribution in [0.5, 0.6) is 0 Å². The first-order valence-corrected chi connectivity index (χ1v) is 5.34. The fourth-order valence-electron chi connectivity index (χ4n) is 0.542. The van der Waals surface area contributed by atoms with Crippen molar-refractivity contribution in [2.24, 2.45) is 0 Å². The molecule has 4 heteroatoms. The predicted molar refractivity (Wildman–Crippen MR) is 48.1 cm³/mol. The van der Waals surface area contributed by atoms with Crippen LogP contribution in [0.15, 0.2) is 10.5 Å². The van der Waals surface area contributed by atoms with Crippen molar-refractivity contribution in [1.29, 1.82) is 0 Å². The molecule has 0 aliphatic carbocycles. The van der Waals surface area contributed by atoms with Gasteiger partial charge in [-0.1, -0.05) is 18.7 Å². The van der Waals surface area contributed by atoms with Crippen molar-refractivity contribution in [1.82, 2.24) is 4.98 Å². The van der Waals surface area contributed by atoms with Crippen LogP contribution in [-0.4, -0.2) is 10.7 Å². The van der Waals surface area contributed by atoms with Gasteiger partial charge in [0.15, 0.2) is 0 Å². The maximum absolute atomic E-state index is 5.60. The van der Waals surface area contributed by atoms with Gasteiger partial charge in [-0.15, -0.1) is 22.9 Å². The molecule has 1 aromatic heterocycles. The number of rotatable bonds is 3. The third kappa shape index (κ3) is 2.15. The summed E-state index contributed by atoms with van der Waals surface area (Å²) in [5.41, 5.74) is 0. The molecule has 56 valence electrons. The number of halogens is 1. The maximum Gasteiger partial charge on any atom is 0.150 e. The van der Waals surface area contributed by atoms with Crippen LogP contribution in [0, 0.1) is 0 Å². The molecule has 0 N–H and O–H groups in total. The summed E-state index contributed by atoms with van der Waals surface area (Å²) in [6.45, 7) is 2.12. The molecule has 0 saturated carbocycles. The van der Waals surface area contributed by atoms with E-state index in [4.69, 9.17) is 11.6 Å². The number of hydrogen-bond acceptors (Lipinski definition) is 3. The summed E-state index contributed by atoms with van der Waals surface area (Å²) in [4.78, 5) is 5.32. The van der Waals surface area contributed by atoms with Crippen molar-refractivity contribution < 1.29 is 0 Å². The molecule has 1 rings (SSSR count). The van der Waals surface area contributed by atoms with E-state index in [9.17, 15) is 0 Å². The van der Waals surface area contributed by atoms with Crippen molar-refractivity contribution in [3.8, 4) is 0 Å². The molecule has 0 amide bonds. The third-order valence-electron chi connectivity index (χ3n) is 0.932. The van der Waals surface area contributed by atoms with Crippen LogP contribution < -0.4 is 0 Å². The minimum absolute atomic E-state index is 0.585. The Labute approximate surface area is 73.8 Å². The van der Waals surface area contributed by atoms with Gasteiger partial charge in [-0.2, -0.15) is 0 Å². The zero-order valence-corrected chi connectivity index (χ0v) is 8.02. The van der Waals surface area contributed by atoms with Gasteiger partial charge in [0.25, 0.3) is 0 Å². The van der Waals surface area contributed by atoms with Gasteiger partial charge in [0.1, 0.15) is 4.34 Å². The molecular formula is C6H8ClNS2. The average molecular weight is 194 g/mol. The topological polar surface area (TPSA) is 12.9 Å². The van der Waals surface area contributed by atoms with Gasteiger partial charge < -0.3 is 0 Å². The molecule has 0 saturated heterocycles. The summed E-state index contributed by atoms with van der Waals surface area (Å²) in [5.74, 6) is 1.66. The van der Waals surface area contributed by atoms with Gasteiger partial charge >= 0.3 is 0 Å². The molecule has 0 radical (unpaired) electrons. The van der Waals surface area contributed by atoms with Crippen LogP contribution in [0.4, 0.5) is 0 Å². The van der Waals surface area contributed by atoms with Crippen molar-refractivity contribution in [2.75, 3.05) is 5.75 Å². The summed E-state index contributed by atoms with van der Waals surface area (Å²) in [6.07, 6.45) is 1.84. The molecule has 0 fully saturated rings. The highest BCUT2D eigenvalue weighted by Crippen LogP contribution is 2.24. The molecule has 0 aliphatic rings. The molecule has 10 heavy (non-hydrogen) atoms. The first-order valence-electron chi connectivity index (χ1n) is 3.00. The SMILES string of the molecule is CCSc1ncc(CCl)s1. The average Bonchev–Trinajstić information content (AvgIpc) is 2.37. The van der Waals surface area contributed by atoms with Crippen LogP contribution in [0.3, 0.4) is 0 Å². The van der Waals surface area contributed by atoms with Crippen molar-refractivity contribution >= 4 is 34.7 Å². The molecule has 1 heterocycles. The van der Waals surface area contributed by atoms with Crippen LogP contribution in [0.25, 0.3) is 0 Å². The van der Waals surface area contributed by atoms with E-state index in [0.29, 0.717) is 5.88 Å². The standard InChI is InChI=1S/C6H8ClNS2/c1-2-9-6-8-4-5(3-7)10-6/h4H,2-3H2,1H3. The summed E-state index contributed by atoms with van der Waals surface area (Å²) in [5, 5.41) is 0. The third-order valence-corrected chi connectivity index (χ3v) is 3.41. The normalized spacial score (nSPS) is 10.2. The van der Waals surface area contributed by atoms with Crippen LogP contribution in [0.1, 0.15) is 11.8 Å². The van der Waals surface area contributed by atoms with Crippen LogP contribution in [-0.2, 0) is 5.88 Å². The lowest BCUT2D eigenvalue weighted by Crippen LogP contribution is -1.65. The van der Waals surface area contributed by atoms with E-state index in [1.165, 1.54) is 0 Å². The van der Waals surface area contributed by atoms with Crippen LogP contribution in [0.2, 0.25) is 0 Å². The van der Waals surface area contributed by atoms with Crippen molar-refractivity contribution in [2.45, 2.75) is 17.1 Å². The molecule has 0 bridgehead atoms. The second-order valence-electron chi connectivity index (χ2n) is 1.66. The Morgan fingerprint density at radius 2 is 2.60 bits per heavy atom. The molecule has 1 aromatic rings. The van der Waals surface area contributed by atoms with Crippen molar-refractivity contribution in [3.63, 3.8) is 0 Å². The number of alkyl halides is 1. The highest BCUT2D eigenvalue weighted by Gasteiger charge is 1.98. The number of hydrogen-bond donors (Lipinski definition) is 0. The Morgan fingerprint density at radius 1 is 1.80 bits per heavy atom. The van der Waals surface area contributed by atoms with Gasteiger partial charge in [-0.25, -0.2) is 4.98 Å². The Morgan fingerprint density at radius 3 is 3.10 bits per heavy atom. The summed E-state index contributed by atoms with van der Waals surface area (Å²) >= 11 is 9.04.